The maximum Gasteiger partial charge on any atom is 0.341 e. The number of carbonyl (C=O) groups is 3. The highest BCUT2D eigenvalue weighted by atomic mass is 32.2. The number of anilines is 1. The first-order chi connectivity index (χ1) is 13.1. The molecule has 0 radical (unpaired) electrons. The predicted molar refractivity (Wildman–Crippen MR) is 95.0 cm³/mol. The zero-order chi connectivity index (χ0) is 20.9. The van der Waals surface area contributed by atoms with E-state index >= 15 is 0 Å². The lowest BCUT2D eigenvalue weighted by Gasteiger charge is -2.09. The number of alkyl halides is 2. The van der Waals surface area contributed by atoms with Gasteiger partial charge in [0.2, 0.25) is 9.84 Å². The van der Waals surface area contributed by atoms with E-state index in [9.17, 15) is 31.6 Å². The molecule has 0 bridgehead atoms. The van der Waals surface area contributed by atoms with Crippen molar-refractivity contribution < 1.29 is 36.3 Å². The summed E-state index contributed by atoms with van der Waals surface area (Å²) in [6.07, 6.45) is 0. The molecule has 0 aromatic heterocycles. The van der Waals surface area contributed by atoms with Crippen LogP contribution in [0.5, 0.6) is 0 Å². The van der Waals surface area contributed by atoms with Crippen LogP contribution in [-0.2, 0) is 19.4 Å². The molecule has 0 fully saturated rings. The molecule has 0 unspecified atom stereocenters. The van der Waals surface area contributed by atoms with Crippen LogP contribution in [-0.4, -0.2) is 38.4 Å². The van der Waals surface area contributed by atoms with Crippen molar-refractivity contribution in [1.29, 1.82) is 0 Å². The molecule has 0 aliphatic rings. The minimum absolute atomic E-state index is 0.120. The largest absolute Gasteiger partial charge is 0.452 e. The second kappa shape index (κ2) is 8.70. The molecule has 148 valence electrons. The molecule has 7 nitrogen and oxygen atoms in total. The van der Waals surface area contributed by atoms with Gasteiger partial charge in [0.15, 0.2) is 12.4 Å². The molecule has 1 N–H and O–H groups in total. The van der Waals surface area contributed by atoms with E-state index in [-0.39, 0.29) is 22.6 Å². The van der Waals surface area contributed by atoms with Gasteiger partial charge in [0.1, 0.15) is 0 Å². The number of esters is 1. The van der Waals surface area contributed by atoms with Gasteiger partial charge in [-0.2, -0.15) is 8.78 Å². The van der Waals surface area contributed by atoms with Gasteiger partial charge in [-0.25, -0.2) is 13.2 Å². The molecule has 28 heavy (non-hydrogen) atoms. The molecule has 2 rings (SSSR count). The van der Waals surface area contributed by atoms with Crippen molar-refractivity contribution in [3.05, 3.63) is 59.7 Å². The van der Waals surface area contributed by atoms with Crippen LogP contribution < -0.4 is 5.32 Å². The summed E-state index contributed by atoms with van der Waals surface area (Å²) in [7, 11) is -4.77. The molecule has 0 saturated carbocycles. The van der Waals surface area contributed by atoms with Crippen LogP contribution in [0.15, 0.2) is 53.4 Å². The van der Waals surface area contributed by atoms with Gasteiger partial charge in [-0.3, -0.25) is 9.59 Å². The normalized spacial score (nSPS) is 11.1. The number of halogens is 2. The Morgan fingerprint density at radius 2 is 1.64 bits per heavy atom. The summed E-state index contributed by atoms with van der Waals surface area (Å²) in [5.41, 5.74) is 0.431. The SMILES string of the molecule is CC(=O)c1ccccc1NC(=O)COC(=O)c1ccc(S(=O)(=O)C(F)F)cc1. The molecule has 2 aromatic carbocycles. The van der Waals surface area contributed by atoms with Gasteiger partial charge < -0.3 is 10.1 Å². The van der Waals surface area contributed by atoms with Gasteiger partial charge in [-0.15, -0.1) is 0 Å². The number of carbonyl (C=O) groups excluding carboxylic acids is 3. The van der Waals surface area contributed by atoms with Crippen LogP contribution in [0, 0.1) is 0 Å². The summed E-state index contributed by atoms with van der Waals surface area (Å²) in [6, 6.07) is 9.98. The van der Waals surface area contributed by atoms with Crippen molar-refractivity contribution in [2.75, 3.05) is 11.9 Å². The number of Topliss-reactive ketones (excluding diaryl/α,β-unsaturated/α-hetero) is 1. The van der Waals surface area contributed by atoms with Crippen LogP contribution in [0.4, 0.5) is 14.5 Å². The highest BCUT2D eigenvalue weighted by molar-refractivity contribution is 7.91. The van der Waals surface area contributed by atoms with E-state index in [1.807, 2.05) is 0 Å². The lowest BCUT2D eigenvalue weighted by Crippen LogP contribution is -2.22. The maximum atomic E-state index is 12.5. The average Bonchev–Trinajstić information content (AvgIpc) is 2.66. The number of hydrogen-bond acceptors (Lipinski definition) is 6. The minimum Gasteiger partial charge on any atom is -0.452 e. The van der Waals surface area contributed by atoms with Crippen molar-refractivity contribution in [2.24, 2.45) is 0 Å². The molecule has 0 heterocycles. The van der Waals surface area contributed by atoms with Crippen LogP contribution in [0.2, 0.25) is 0 Å². The molecular formula is C18H15F2NO6S. The van der Waals surface area contributed by atoms with Crippen molar-refractivity contribution in [3.63, 3.8) is 0 Å². The van der Waals surface area contributed by atoms with E-state index in [1.165, 1.54) is 19.1 Å². The summed E-state index contributed by atoms with van der Waals surface area (Å²) in [6.45, 7) is 0.672. The third-order valence-corrected chi connectivity index (χ3v) is 4.97. The number of ketones is 1. The van der Waals surface area contributed by atoms with E-state index in [1.54, 1.807) is 12.1 Å². The highest BCUT2D eigenvalue weighted by Gasteiger charge is 2.26. The van der Waals surface area contributed by atoms with Crippen LogP contribution in [0.25, 0.3) is 0 Å². The Morgan fingerprint density at radius 1 is 1.04 bits per heavy atom. The summed E-state index contributed by atoms with van der Waals surface area (Å²) in [5, 5.41) is 2.44. The third-order valence-electron chi connectivity index (χ3n) is 3.57. The van der Waals surface area contributed by atoms with E-state index in [0.29, 0.717) is 0 Å². The first-order valence-electron chi connectivity index (χ1n) is 7.82. The fourth-order valence-corrected chi connectivity index (χ4v) is 2.90. The Labute approximate surface area is 159 Å². The first kappa shape index (κ1) is 21.2. The van der Waals surface area contributed by atoms with Crippen LogP contribution >= 0.6 is 0 Å². The Hall–Kier alpha value is -3.14. The number of rotatable bonds is 7. The zero-order valence-electron chi connectivity index (χ0n) is 14.5. The Morgan fingerprint density at radius 3 is 2.21 bits per heavy atom. The van der Waals surface area contributed by atoms with Crippen molar-refractivity contribution in [1.82, 2.24) is 0 Å². The first-order valence-corrected chi connectivity index (χ1v) is 9.36. The Balaban J connectivity index is 1.99. The highest BCUT2D eigenvalue weighted by Crippen LogP contribution is 2.19. The lowest BCUT2D eigenvalue weighted by molar-refractivity contribution is -0.119. The number of sulfone groups is 1. The summed E-state index contributed by atoms with van der Waals surface area (Å²) >= 11 is 0. The monoisotopic (exact) mass is 411 g/mol. The van der Waals surface area contributed by atoms with Crippen LogP contribution in [0.1, 0.15) is 27.6 Å². The number of amides is 1. The van der Waals surface area contributed by atoms with Crippen molar-refractivity contribution in [3.8, 4) is 0 Å². The predicted octanol–water partition coefficient (Wildman–Crippen LogP) is 2.68. The van der Waals surface area contributed by atoms with Gasteiger partial charge in [0, 0.05) is 5.56 Å². The average molecular weight is 411 g/mol. The van der Waals surface area contributed by atoms with Crippen LogP contribution in [0.3, 0.4) is 0 Å². The van der Waals surface area contributed by atoms with E-state index < -0.39 is 39.0 Å². The maximum absolute atomic E-state index is 12.5. The molecule has 0 aliphatic heterocycles. The second-order valence-electron chi connectivity index (χ2n) is 5.56. The van der Waals surface area contributed by atoms with E-state index in [4.69, 9.17) is 4.74 Å². The summed E-state index contributed by atoms with van der Waals surface area (Å²) in [4.78, 5) is 34.7. The molecule has 1 amide bonds. The number of ether oxygens (including phenoxy) is 1. The molecule has 2 aromatic rings. The topological polar surface area (TPSA) is 107 Å². The minimum atomic E-state index is -4.77. The van der Waals surface area contributed by atoms with E-state index in [2.05, 4.69) is 5.32 Å². The number of benzene rings is 2. The number of para-hydroxylation sites is 1. The molecule has 10 heteroatoms. The summed E-state index contributed by atoms with van der Waals surface area (Å²) in [5.74, 6) is -5.48. The standard InChI is InChI=1S/C18H15F2NO6S/c1-11(22)14-4-2-3-5-15(14)21-16(23)10-27-17(24)12-6-8-13(9-7-12)28(25,26)18(19)20/h2-9,18H,10H2,1H3,(H,21,23). The quantitative estimate of drug-likeness (QED) is 0.555. The van der Waals surface area contributed by atoms with Gasteiger partial charge in [0.05, 0.1) is 16.1 Å². The zero-order valence-corrected chi connectivity index (χ0v) is 15.3. The van der Waals surface area contributed by atoms with Gasteiger partial charge in [0.25, 0.3) is 5.91 Å². The molecule has 0 spiro atoms. The summed E-state index contributed by atoms with van der Waals surface area (Å²) < 4.78 is 52.4. The third kappa shape index (κ3) is 4.97. The van der Waals surface area contributed by atoms with Crippen molar-refractivity contribution >= 4 is 33.2 Å². The van der Waals surface area contributed by atoms with Gasteiger partial charge in [-0.05, 0) is 43.3 Å². The second-order valence-corrected chi connectivity index (χ2v) is 7.47. The number of nitrogens with one attached hydrogen (secondary N) is 1. The fraction of sp³-hybridized carbons (Fsp3) is 0.167. The number of hydrogen-bond donors (Lipinski definition) is 1. The van der Waals surface area contributed by atoms with Crippen molar-refractivity contribution in [2.45, 2.75) is 17.6 Å². The molecule has 0 aliphatic carbocycles. The van der Waals surface area contributed by atoms with E-state index in [0.717, 1.165) is 24.3 Å². The Kier molecular flexibility index (Phi) is 6.57. The Bertz CT molecular complexity index is 1000. The molecule has 0 saturated heterocycles. The smallest absolute Gasteiger partial charge is 0.341 e. The molecular weight excluding hydrogens is 396 g/mol. The fourth-order valence-electron chi connectivity index (χ4n) is 2.18. The van der Waals surface area contributed by atoms with Gasteiger partial charge in [-0.1, -0.05) is 12.1 Å². The lowest BCUT2D eigenvalue weighted by atomic mass is 10.1. The molecule has 0 atom stereocenters. The van der Waals surface area contributed by atoms with Gasteiger partial charge >= 0.3 is 11.7 Å².